The number of carboxylic acid groups (broad SMARTS) is 1. The Hall–Kier alpha value is -1.54. The molecule has 0 fully saturated rings. The Morgan fingerprint density at radius 1 is 1.23 bits per heavy atom. The van der Waals surface area contributed by atoms with Crippen LogP contribution >= 0.6 is 0 Å². The van der Waals surface area contributed by atoms with Crippen LogP contribution in [0.2, 0.25) is 3.93 Å². The minimum absolute atomic E-state index is 0. The summed E-state index contributed by atoms with van der Waals surface area (Å²) in [5, 5.41) is 14.8. The molecule has 0 radical (unpaired) electrons. The second-order valence-electron chi connectivity index (χ2n) is 6.59. The Labute approximate surface area is 211 Å². The van der Waals surface area contributed by atoms with E-state index in [0.717, 1.165) is 4.57 Å². The van der Waals surface area contributed by atoms with Gasteiger partial charge in [0.15, 0.2) is 0 Å². The number of hydrogen-bond donors (Lipinski definition) is 2. The average Bonchev–Trinajstić information content (AvgIpc) is 3.13. The smallest absolute Gasteiger partial charge is 1.00 e. The molecule has 160 valence electrons. The molecular weight excluding hydrogens is 612 g/mol. The summed E-state index contributed by atoms with van der Waals surface area (Å²) in [6.45, 7) is 0.124. The number of carbonyl (C=O) groups excluding carboxylic acids is 3. The van der Waals surface area contributed by atoms with Crippen LogP contribution in [0.25, 0.3) is 11.2 Å². The van der Waals surface area contributed by atoms with Gasteiger partial charge in [-0.05, 0) is 0 Å². The molecule has 3 amide bonds. The summed E-state index contributed by atoms with van der Waals surface area (Å²) in [6.07, 6.45) is 0.380. The number of carboxylic acids is 1. The predicted octanol–water partition coefficient (Wildman–Crippen LogP) is -5.93. The predicted molar refractivity (Wildman–Crippen MR) is 97.0 cm³/mol. The van der Waals surface area contributed by atoms with E-state index in [-0.39, 0.29) is 48.6 Å². The molecule has 2 N–H and O–H groups in total. The third-order valence-corrected chi connectivity index (χ3v) is 11.8. The van der Waals surface area contributed by atoms with Gasteiger partial charge in [-0.2, -0.15) is 0 Å². The van der Waals surface area contributed by atoms with Crippen LogP contribution in [0.5, 0.6) is 0 Å². The van der Waals surface area contributed by atoms with Crippen molar-refractivity contribution in [3.63, 3.8) is 0 Å². The van der Waals surface area contributed by atoms with Crippen LogP contribution in [0, 0.1) is 0 Å². The molecule has 0 aromatic carbocycles. The van der Waals surface area contributed by atoms with Gasteiger partial charge in [0.05, 0.1) is 0 Å². The van der Waals surface area contributed by atoms with E-state index in [0.29, 0.717) is 15.1 Å². The van der Waals surface area contributed by atoms with Gasteiger partial charge in [-0.25, -0.2) is 0 Å². The Kier molecular flexibility index (Phi) is 11.1. The number of nitrogens with zero attached hydrogens (tertiary/aromatic N) is 4. The summed E-state index contributed by atoms with van der Waals surface area (Å²) in [5.41, 5.74) is -0.161. The number of ether oxygens (including phenoxy) is 1. The minimum atomic E-state index is -1.97. The number of aromatic nitrogens is 4. The zero-order valence-electron chi connectivity index (χ0n) is 17.8. The molecule has 2 aromatic rings. The molecule has 0 saturated carbocycles. The molecule has 0 aliphatic rings. The van der Waals surface area contributed by atoms with Crippen molar-refractivity contribution in [3.05, 3.63) is 27.2 Å². The number of amides is 3. The quantitative estimate of drug-likeness (QED) is 0.258. The number of methoxy groups -OCH3 is 1. The van der Waals surface area contributed by atoms with Crippen LogP contribution in [0.3, 0.4) is 0 Å². The zero-order valence-corrected chi connectivity index (χ0v) is 25.3. The molecule has 2 aromatic heterocycles. The number of aliphatic carboxylic acids is 1. The van der Waals surface area contributed by atoms with E-state index in [1.807, 2.05) is 7.65 Å². The molecular formula is C16H21HgN6NaO7. The first-order valence-electron chi connectivity index (χ1n) is 9.06. The first kappa shape index (κ1) is 27.5. The van der Waals surface area contributed by atoms with Gasteiger partial charge in [0.1, 0.15) is 0 Å². The monoisotopic (exact) mass is 634 g/mol. The summed E-state index contributed by atoms with van der Waals surface area (Å²) in [4.78, 5) is 62.2. The van der Waals surface area contributed by atoms with E-state index in [9.17, 15) is 29.1 Å². The van der Waals surface area contributed by atoms with Crippen LogP contribution in [-0.4, -0.2) is 54.1 Å². The normalized spacial score (nSPS) is 11.3. The van der Waals surface area contributed by atoms with Crippen molar-refractivity contribution in [2.45, 2.75) is 22.9 Å². The number of imidazole rings is 1. The van der Waals surface area contributed by atoms with Gasteiger partial charge >= 0.3 is 213 Å². The van der Waals surface area contributed by atoms with Crippen molar-refractivity contribution in [2.24, 2.45) is 14.1 Å². The van der Waals surface area contributed by atoms with Gasteiger partial charge in [-0.3, -0.25) is 0 Å². The van der Waals surface area contributed by atoms with Gasteiger partial charge in [0.25, 0.3) is 0 Å². The number of rotatable bonds is 9. The number of nitrogens with one attached hydrogen (secondary N) is 2. The molecule has 1 unspecified atom stereocenters. The number of fused-ring (bicyclic) bond motifs is 1. The van der Waals surface area contributed by atoms with E-state index in [1.54, 1.807) is 13.4 Å². The largest absolute Gasteiger partial charge is 1.00 e. The van der Waals surface area contributed by atoms with Crippen LogP contribution in [-0.2, 0) is 53.3 Å². The fraction of sp³-hybridized carbons (Fsp3) is 0.500. The topological polar surface area (TPSA) is 169 Å². The maximum absolute atomic E-state index is 12.5. The molecule has 2 heterocycles. The second-order valence-corrected chi connectivity index (χ2v) is 13.2. The Balaban J connectivity index is 0.00000480. The molecule has 15 heteroatoms. The van der Waals surface area contributed by atoms with Crippen molar-refractivity contribution in [1.82, 2.24) is 27.1 Å². The van der Waals surface area contributed by atoms with Crippen LogP contribution < -0.4 is 56.5 Å². The molecule has 13 nitrogen and oxygen atoms in total. The van der Waals surface area contributed by atoms with E-state index < -0.39 is 60.5 Å². The summed E-state index contributed by atoms with van der Waals surface area (Å²) in [7, 11) is 4.44. The Morgan fingerprint density at radius 2 is 1.90 bits per heavy atom. The fourth-order valence-corrected chi connectivity index (χ4v) is 9.43. The maximum Gasteiger partial charge on any atom is 1.00 e. The molecule has 0 saturated heterocycles. The zero-order chi connectivity index (χ0) is 22.4. The van der Waals surface area contributed by atoms with Gasteiger partial charge in [-0.15, -0.1) is 0 Å². The van der Waals surface area contributed by atoms with Gasteiger partial charge in [0, 0.05) is 0 Å². The standard InChI is InChI=1S/C9H15N2O5.C7H8N4O2.Hg.Na/c1-6(16-2)5-10-9(15)11-7(12)3-4-8(13)14;1-10-5-4(8-3-9-5)6(12)11(2)7(10)13;;/h6H,1,3-5H2,2H3,(H,13,14)(H2,10,11,12,15);3H,1-2H3,(H,8,9,12);;/q;;2*+1/p-2. The van der Waals surface area contributed by atoms with Crippen molar-refractivity contribution >= 4 is 29.1 Å². The minimum Gasteiger partial charge on any atom is 1.00 e. The summed E-state index contributed by atoms with van der Waals surface area (Å²) >= 11 is -1.97. The maximum atomic E-state index is 12.5. The van der Waals surface area contributed by atoms with Gasteiger partial charge in [-0.1, -0.05) is 0 Å². The van der Waals surface area contributed by atoms with Gasteiger partial charge < -0.3 is 0 Å². The first-order chi connectivity index (χ1) is 14.1. The Morgan fingerprint density at radius 3 is 2.52 bits per heavy atom. The average molecular weight is 633 g/mol. The summed E-state index contributed by atoms with van der Waals surface area (Å²) in [6, 6.07) is -0.756. The fourth-order valence-electron chi connectivity index (χ4n) is 2.81. The Bertz CT molecular complexity index is 1080. The SMILES string of the molecule is COC(CNC(=O)NC(=O)CCC(=O)[O-])[CH2][Hg][n]1cnc2c1c(=O)n(C)c(=O)n2C.[Na+]. The van der Waals surface area contributed by atoms with E-state index in [1.165, 1.54) is 18.7 Å². The number of hydrogen-bond acceptors (Lipinski definition) is 8. The second kappa shape index (κ2) is 12.5. The third-order valence-electron chi connectivity index (χ3n) is 4.54. The van der Waals surface area contributed by atoms with Crippen LogP contribution in [0.1, 0.15) is 12.8 Å². The molecule has 0 bridgehead atoms. The first-order valence-corrected chi connectivity index (χ1v) is 15.4. The number of carbonyl (C=O) groups is 3. The van der Waals surface area contributed by atoms with E-state index in [2.05, 4.69) is 10.3 Å². The summed E-state index contributed by atoms with van der Waals surface area (Å²) < 4.78 is 10.2. The van der Waals surface area contributed by atoms with Crippen LogP contribution in [0.4, 0.5) is 4.79 Å². The summed E-state index contributed by atoms with van der Waals surface area (Å²) in [5.74, 6) is -2.10. The van der Waals surface area contributed by atoms with Crippen LogP contribution in [0.15, 0.2) is 15.9 Å². The van der Waals surface area contributed by atoms with E-state index >= 15 is 0 Å². The van der Waals surface area contributed by atoms with Crippen molar-refractivity contribution < 1.29 is 78.7 Å². The number of imide groups is 1. The molecule has 1 atom stereocenters. The third kappa shape index (κ3) is 7.24. The molecule has 0 spiro atoms. The van der Waals surface area contributed by atoms with Crippen molar-refractivity contribution in [2.75, 3.05) is 13.7 Å². The molecule has 2 rings (SSSR count). The number of urea groups is 1. The molecule has 0 aliphatic heterocycles. The van der Waals surface area contributed by atoms with Crippen molar-refractivity contribution in [1.29, 1.82) is 0 Å². The number of aryl methyl sites for hydroxylation is 1. The van der Waals surface area contributed by atoms with Crippen molar-refractivity contribution in [3.8, 4) is 0 Å². The molecule has 0 aliphatic carbocycles. The van der Waals surface area contributed by atoms with E-state index in [4.69, 9.17) is 4.74 Å². The van der Waals surface area contributed by atoms with Gasteiger partial charge in [0.2, 0.25) is 0 Å². The molecule has 31 heavy (non-hydrogen) atoms.